The molecular weight excluding hydrogens is 276 g/mol. The molecule has 1 amide bonds. The Hall–Kier alpha value is -1.82. The summed E-state index contributed by atoms with van der Waals surface area (Å²) < 4.78 is 10.8. The Morgan fingerprint density at radius 3 is 2.90 bits per heavy atom. The van der Waals surface area contributed by atoms with Gasteiger partial charge in [0.2, 0.25) is 0 Å². The number of rotatable bonds is 3. The van der Waals surface area contributed by atoms with E-state index in [1.807, 2.05) is 21.7 Å². The van der Waals surface area contributed by atoms with Crippen molar-refractivity contribution < 1.29 is 14.1 Å². The number of amides is 1. The normalized spacial score (nSPS) is 16.4. The van der Waals surface area contributed by atoms with Crippen molar-refractivity contribution >= 4 is 17.2 Å². The van der Waals surface area contributed by atoms with E-state index in [2.05, 4.69) is 5.16 Å². The van der Waals surface area contributed by atoms with Crippen molar-refractivity contribution in [3.63, 3.8) is 0 Å². The summed E-state index contributed by atoms with van der Waals surface area (Å²) in [5.41, 5.74) is 0.389. The van der Waals surface area contributed by atoms with Crippen molar-refractivity contribution in [1.82, 2.24) is 10.1 Å². The molecule has 6 heteroatoms. The van der Waals surface area contributed by atoms with Crippen LogP contribution in [-0.2, 0) is 0 Å². The van der Waals surface area contributed by atoms with Crippen molar-refractivity contribution in [2.75, 3.05) is 13.1 Å². The van der Waals surface area contributed by atoms with E-state index < -0.39 is 0 Å². The minimum absolute atomic E-state index is 0.0594. The predicted molar refractivity (Wildman–Crippen MR) is 75.1 cm³/mol. The van der Waals surface area contributed by atoms with E-state index in [9.17, 15) is 4.79 Å². The Kier molecular flexibility index (Phi) is 3.73. The zero-order valence-corrected chi connectivity index (χ0v) is 12.1. The van der Waals surface area contributed by atoms with E-state index in [1.54, 1.807) is 24.3 Å². The van der Waals surface area contributed by atoms with Crippen LogP contribution in [0.4, 0.5) is 0 Å². The van der Waals surface area contributed by atoms with Crippen molar-refractivity contribution in [2.45, 2.75) is 25.9 Å². The van der Waals surface area contributed by atoms with Crippen LogP contribution >= 0.6 is 11.3 Å². The monoisotopic (exact) mass is 292 g/mol. The summed E-state index contributed by atoms with van der Waals surface area (Å²) in [6.45, 7) is 3.17. The molecule has 0 bridgehead atoms. The van der Waals surface area contributed by atoms with E-state index in [-0.39, 0.29) is 12.0 Å². The molecule has 0 aliphatic carbocycles. The van der Waals surface area contributed by atoms with Gasteiger partial charge in [0.05, 0.1) is 0 Å². The van der Waals surface area contributed by atoms with Gasteiger partial charge < -0.3 is 14.2 Å². The maximum absolute atomic E-state index is 12.2. The number of nitrogens with zero attached hydrogens (tertiary/aromatic N) is 2. The number of ether oxygens (including phenoxy) is 1. The van der Waals surface area contributed by atoms with Gasteiger partial charge in [-0.05, 0) is 18.4 Å². The number of piperidine rings is 1. The molecular formula is C14H16N2O3S. The molecule has 0 unspecified atom stereocenters. The lowest BCUT2D eigenvalue weighted by Gasteiger charge is -2.31. The first-order valence-electron chi connectivity index (χ1n) is 6.64. The number of aromatic nitrogens is 1. The third-order valence-corrected chi connectivity index (χ3v) is 4.04. The van der Waals surface area contributed by atoms with Crippen LogP contribution in [0.25, 0.3) is 0 Å². The van der Waals surface area contributed by atoms with Gasteiger partial charge in [-0.25, -0.2) is 0 Å². The van der Waals surface area contributed by atoms with E-state index in [4.69, 9.17) is 9.26 Å². The topological polar surface area (TPSA) is 55.6 Å². The van der Waals surface area contributed by atoms with Gasteiger partial charge in [-0.2, -0.15) is 0 Å². The summed E-state index contributed by atoms with van der Waals surface area (Å²) in [4.78, 5) is 14.0. The van der Waals surface area contributed by atoms with Crippen molar-refractivity contribution in [1.29, 1.82) is 0 Å². The Labute approximate surface area is 121 Å². The maximum atomic E-state index is 12.2. The molecule has 0 spiro atoms. The second kappa shape index (κ2) is 5.66. The van der Waals surface area contributed by atoms with Gasteiger partial charge in [-0.1, -0.05) is 5.16 Å². The molecule has 0 radical (unpaired) electrons. The average Bonchev–Trinajstić information content (AvgIpc) is 3.10. The van der Waals surface area contributed by atoms with Crippen LogP contribution < -0.4 is 4.74 Å². The summed E-state index contributed by atoms with van der Waals surface area (Å²) in [6.07, 6.45) is 1.88. The highest BCUT2D eigenvalue weighted by atomic mass is 32.1. The SMILES string of the molecule is Cc1cc(C(=O)N2CCC(Oc3ccsc3)CC2)no1. The number of thiophene rings is 1. The fraction of sp³-hybridized carbons (Fsp3) is 0.429. The van der Waals surface area contributed by atoms with Gasteiger partial charge in [0.15, 0.2) is 5.69 Å². The third-order valence-electron chi connectivity index (χ3n) is 3.37. The summed E-state index contributed by atoms with van der Waals surface area (Å²) in [6, 6.07) is 3.65. The third kappa shape index (κ3) is 2.85. The summed E-state index contributed by atoms with van der Waals surface area (Å²) in [7, 11) is 0. The molecule has 106 valence electrons. The second-order valence-corrected chi connectivity index (χ2v) is 5.67. The van der Waals surface area contributed by atoms with Crippen LogP contribution in [-0.4, -0.2) is 35.2 Å². The fourth-order valence-corrected chi connectivity index (χ4v) is 2.88. The minimum Gasteiger partial charge on any atom is -0.489 e. The van der Waals surface area contributed by atoms with Crippen LogP contribution in [0.5, 0.6) is 5.75 Å². The molecule has 2 aromatic rings. The maximum Gasteiger partial charge on any atom is 0.276 e. The van der Waals surface area contributed by atoms with Crippen LogP contribution in [0, 0.1) is 6.92 Å². The second-order valence-electron chi connectivity index (χ2n) is 4.89. The highest BCUT2D eigenvalue weighted by Crippen LogP contribution is 2.22. The highest BCUT2D eigenvalue weighted by molar-refractivity contribution is 7.08. The fourth-order valence-electron chi connectivity index (χ4n) is 2.32. The number of carbonyl (C=O) groups is 1. The number of hydrogen-bond donors (Lipinski definition) is 0. The zero-order valence-electron chi connectivity index (χ0n) is 11.2. The Bertz CT molecular complexity index is 571. The number of likely N-dealkylation sites (tertiary alicyclic amines) is 1. The van der Waals surface area contributed by atoms with Gasteiger partial charge in [0.25, 0.3) is 5.91 Å². The Morgan fingerprint density at radius 2 is 2.30 bits per heavy atom. The number of aryl methyl sites for hydroxylation is 1. The number of hydrogen-bond acceptors (Lipinski definition) is 5. The van der Waals surface area contributed by atoms with Gasteiger partial charge in [-0.15, -0.1) is 11.3 Å². The first kappa shape index (κ1) is 13.2. The standard InChI is InChI=1S/C14H16N2O3S/c1-10-8-13(15-19-10)14(17)16-5-2-11(3-6-16)18-12-4-7-20-9-12/h4,7-9,11H,2-3,5-6H2,1H3. The zero-order chi connectivity index (χ0) is 13.9. The first-order chi connectivity index (χ1) is 9.72. The molecule has 20 heavy (non-hydrogen) atoms. The molecule has 1 saturated heterocycles. The number of carbonyl (C=O) groups excluding carboxylic acids is 1. The quantitative estimate of drug-likeness (QED) is 0.873. The average molecular weight is 292 g/mol. The lowest BCUT2D eigenvalue weighted by molar-refractivity contribution is 0.0587. The molecule has 0 N–H and O–H groups in total. The smallest absolute Gasteiger partial charge is 0.276 e. The molecule has 0 saturated carbocycles. The largest absolute Gasteiger partial charge is 0.489 e. The lowest BCUT2D eigenvalue weighted by Crippen LogP contribution is -2.41. The van der Waals surface area contributed by atoms with Crippen LogP contribution in [0.15, 0.2) is 27.4 Å². The van der Waals surface area contributed by atoms with Crippen LogP contribution in [0.2, 0.25) is 0 Å². The van der Waals surface area contributed by atoms with Gasteiger partial charge in [0.1, 0.15) is 17.6 Å². The van der Waals surface area contributed by atoms with Crippen molar-refractivity contribution in [3.05, 3.63) is 34.3 Å². The molecule has 3 rings (SSSR count). The summed E-state index contributed by atoms with van der Waals surface area (Å²) >= 11 is 1.62. The molecule has 0 atom stereocenters. The lowest BCUT2D eigenvalue weighted by atomic mass is 10.1. The predicted octanol–water partition coefficient (Wildman–Crippen LogP) is 2.73. The van der Waals surface area contributed by atoms with Crippen LogP contribution in [0.1, 0.15) is 29.1 Å². The molecule has 3 heterocycles. The van der Waals surface area contributed by atoms with Crippen molar-refractivity contribution in [3.8, 4) is 5.75 Å². The van der Waals surface area contributed by atoms with Gasteiger partial charge >= 0.3 is 0 Å². The summed E-state index contributed by atoms with van der Waals surface area (Å²) in [5, 5.41) is 7.77. The van der Waals surface area contributed by atoms with E-state index in [0.717, 1.165) is 18.6 Å². The van der Waals surface area contributed by atoms with E-state index >= 15 is 0 Å². The van der Waals surface area contributed by atoms with Crippen LogP contribution in [0.3, 0.4) is 0 Å². The first-order valence-corrected chi connectivity index (χ1v) is 7.58. The van der Waals surface area contributed by atoms with E-state index in [0.29, 0.717) is 24.5 Å². The Balaban J connectivity index is 1.54. The molecule has 5 nitrogen and oxygen atoms in total. The minimum atomic E-state index is -0.0594. The summed E-state index contributed by atoms with van der Waals surface area (Å²) in [5.74, 6) is 1.52. The molecule has 1 aliphatic heterocycles. The van der Waals surface area contributed by atoms with E-state index in [1.165, 1.54) is 0 Å². The Morgan fingerprint density at radius 1 is 1.50 bits per heavy atom. The molecule has 1 aliphatic rings. The van der Waals surface area contributed by atoms with Crippen molar-refractivity contribution in [2.24, 2.45) is 0 Å². The molecule has 0 aromatic carbocycles. The van der Waals surface area contributed by atoms with Gasteiger partial charge in [0, 0.05) is 37.4 Å². The molecule has 2 aromatic heterocycles. The van der Waals surface area contributed by atoms with Gasteiger partial charge in [-0.3, -0.25) is 4.79 Å². The molecule has 1 fully saturated rings. The highest BCUT2D eigenvalue weighted by Gasteiger charge is 2.26.